The zero-order chi connectivity index (χ0) is 9.07. The molecule has 1 heteroatoms. The van der Waals surface area contributed by atoms with Gasteiger partial charge in [-0.1, -0.05) is 31.2 Å². The highest BCUT2D eigenvalue weighted by Crippen LogP contribution is 1.85. The van der Waals surface area contributed by atoms with Gasteiger partial charge in [0.25, 0.3) is 0 Å². The summed E-state index contributed by atoms with van der Waals surface area (Å²) in [7, 11) is 0. The van der Waals surface area contributed by atoms with Gasteiger partial charge >= 0.3 is 0 Å². The van der Waals surface area contributed by atoms with E-state index in [4.69, 9.17) is 0 Å². The molecule has 0 aliphatic rings. The van der Waals surface area contributed by atoms with Crippen molar-refractivity contribution in [1.82, 2.24) is 5.32 Å². The second kappa shape index (κ2) is 10.0. The molecule has 0 aliphatic heterocycles. The second-order valence-electron chi connectivity index (χ2n) is 2.55. The quantitative estimate of drug-likeness (QED) is 0.362. The topological polar surface area (TPSA) is 12.0 Å². The fraction of sp³-hybridized carbons (Fsp3) is 0.455. The van der Waals surface area contributed by atoms with Crippen molar-refractivity contribution >= 4 is 0 Å². The SMILES string of the molecule is CC=CCC=CC=CNCCC. The van der Waals surface area contributed by atoms with Crippen molar-refractivity contribution in [2.45, 2.75) is 26.7 Å². The third-order valence-corrected chi connectivity index (χ3v) is 1.36. The molecule has 1 nitrogen and oxygen atoms in total. The lowest BCUT2D eigenvalue weighted by Gasteiger charge is -1.92. The van der Waals surface area contributed by atoms with Crippen molar-refractivity contribution in [3.8, 4) is 0 Å². The minimum atomic E-state index is 1.02. The Kier molecular flexibility index (Phi) is 9.20. The zero-order valence-corrected chi connectivity index (χ0v) is 8.09. The Hall–Kier alpha value is -0.980. The summed E-state index contributed by atoms with van der Waals surface area (Å²) in [6.07, 6.45) is 14.6. The molecular weight excluding hydrogens is 146 g/mol. The Morgan fingerprint density at radius 2 is 2.00 bits per heavy atom. The van der Waals surface area contributed by atoms with E-state index in [0.29, 0.717) is 0 Å². The summed E-state index contributed by atoms with van der Waals surface area (Å²) < 4.78 is 0. The summed E-state index contributed by atoms with van der Waals surface area (Å²) in [6, 6.07) is 0. The van der Waals surface area contributed by atoms with E-state index in [-0.39, 0.29) is 0 Å². The van der Waals surface area contributed by atoms with E-state index in [1.807, 2.05) is 19.2 Å². The molecule has 12 heavy (non-hydrogen) atoms. The van der Waals surface area contributed by atoms with Crippen LogP contribution in [-0.2, 0) is 0 Å². The molecule has 0 unspecified atom stereocenters. The molecule has 1 N–H and O–H groups in total. The second-order valence-corrected chi connectivity index (χ2v) is 2.55. The molecule has 0 radical (unpaired) electrons. The van der Waals surface area contributed by atoms with Crippen molar-refractivity contribution in [3.63, 3.8) is 0 Å². The fourth-order valence-corrected chi connectivity index (χ4v) is 0.723. The lowest BCUT2D eigenvalue weighted by molar-refractivity contribution is 0.809. The molecule has 0 aromatic heterocycles. The van der Waals surface area contributed by atoms with Crippen molar-refractivity contribution in [2.75, 3.05) is 6.54 Å². The first-order valence-electron chi connectivity index (χ1n) is 4.58. The lowest BCUT2D eigenvalue weighted by Crippen LogP contribution is -2.04. The standard InChI is InChI=1S/C11H19N/c1-3-5-6-7-8-9-11-12-10-4-2/h3,5,7-9,11-12H,4,6,10H2,1-2H3. The molecule has 0 fully saturated rings. The van der Waals surface area contributed by atoms with E-state index in [1.165, 1.54) is 6.42 Å². The van der Waals surface area contributed by atoms with Gasteiger partial charge < -0.3 is 5.32 Å². The van der Waals surface area contributed by atoms with Crippen LogP contribution in [-0.4, -0.2) is 6.54 Å². The van der Waals surface area contributed by atoms with Crippen LogP contribution in [0.1, 0.15) is 26.7 Å². The van der Waals surface area contributed by atoms with E-state index >= 15 is 0 Å². The average molecular weight is 165 g/mol. The molecule has 0 atom stereocenters. The molecule has 68 valence electrons. The van der Waals surface area contributed by atoms with Crippen molar-refractivity contribution < 1.29 is 0 Å². The minimum absolute atomic E-state index is 1.02. The number of rotatable bonds is 6. The molecule has 0 amide bonds. The van der Waals surface area contributed by atoms with Gasteiger partial charge in [0, 0.05) is 6.54 Å². The summed E-state index contributed by atoms with van der Waals surface area (Å²) in [5, 5.41) is 3.18. The van der Waals surface area contributed by atoms with Gasteiger partial charge in [0.15, 0.2) is 0 Å². The number of allylic oxidation sites excluding steroid dienone is 5. The maximum absolute atomic E-state index is 3.18. The van der Waals surface area contributed by atoms with E-state index in [9.17, 15) is 0 Å². The molecule has 0 rings (SSSR count). The van der Waals surface area contributed by atoms with Crippen LogP contribution in [0.2, 0.25) is 0 Å². The zero-order valence-electron chi connectivity index (χ0n) is 8.09. The van der Waals surface area contributed by atoms with Crippen molar-refractivity contribution in [2.24, 2.45) is 0 Å². The summed E-state index contributed by atoms with van der Waals surface area (Å²) in [5.41, 5.74) is 0. The monoisotopic (exact) mass is 165 g/mol. The fourth-order valence-electron chi connectivity index (χ4n) is 0.723. The highest BCUT2D eigenvalue weighted by molar-refractivity contribution is 5.03. The van der Waals surface area contributed by atoms with Crippen LogP contribution in [0, 0.1) is 0 Å². The van der Waals surface area contributed by atoms with Crippen molar-refractivity contribution in [3.05, 3.63) is 36.6 Å². The van der Waals surface area contributed by atoms with E-state index in [2.05, 4.69) is 36.5 Å². The number of hydrogen-bond donors (Lipinski definition) is 1. The first kappa shape index (κ1) is 11.0. The smallest absolute Gasteiger partial charge is 0.0138 e. The first-order chi connectivity index (χ1) is 5.91. The Balaban J connectivity index is 3.26. The van der Waals surface area contributed by atoms with Crippen LogP contribution in [0.4, 0.5) is 0 Å². The third-order valence-electron chi connectivity index (χ3n) is 1.36. The maximum atomic E-state index is 3.18. The van der Waals surface area contributed by atoms with Crippen LogP contribution in [0.3, 0.4) is 0 Å². The summed E-state index contributed by atoms with van der Waals surface area (Å²) in [4.78, 5) is 0. The van der Waals surface area contributed by atoms with Gasteiger partial charge in [-0.2, -0.15) is 0 Å². The molecule has 0 aromatic rings. The van der Waals surface area contributed by atoms with Gasteiger partial charge in [-0.15, -0.1) is 0 Å². The van der Waals surface area contributed by atoms with Gasteiger partial charge in [-0.25, -0.2) is 0 Å². The van der Waals surface area contributed by atoms with E-state index in [0.717, 1.165) is 13.0 Å². The number of nitrogens with one attached hydrogen (secondary N) is 1. The molecule has 0 aromatic carbocycles. The molecule has 0 aliphatic carbocycles. The van der Waals surface area contributed by atoms with Gasteiger partial charge in [0.2, 0.25) is 0 Å². The molecule has 0 heterocycles. The largest absolute Gasteiger partial charge is 0.391 e. The lowest BCUT2D eigenvalue weighted by atomic mass is 10.3. The van der Waals surface area contributed by atoms with Gasteiger partial charge in [0.05, 0.1) is 0 Å². The van der Waals surface area contributed by atoms with Crippen LogP contribution in [0.25, 0.3) is 0 Å². The normalized spacial score (nSPS) is 12.2. The van der Waals surface area contributed by atoms with Crippen LogP contribution >= 0.6 is 0 Å². The third kappa shape index (κ3) is 9.02. The summed E-state index contributed by atoms with van der Waals surface area (Å²) >= 11 is 0. The molecular formula is C11H19N. The van der Waals surface area contributed by atoms with Crippen LogP contribution in [0.15, 0.2) is 36.6 Å². The summed E-state index contributed by atoms with van der Waals surface area (Å²) in [5.74, 6) is 0. The molecule has 0 saturated carbocycles. The highest BCUT2D eigenvalue weighted by Gasteiger charge is 1.71. The Morgan fingerprint density at radius 1 is 1.17 bits per heavy atom. The molecule has 0 spiro atoms. The minimum Gasteiger partial charge on any atom is -0.391 e. The highest BCUT2D eigenvalue weighted by atomic mass is 14.8. The average Bonchev–Trinajstić information content (AvgIpc) is 2.10. The van der Waals surface area contributed by atoms with Gasteiger partial charge in [0.1, 0.15) is 0 Å². The van der Waals surface area contributed by atoms with Gasteiger partial charge in [-0.05, 0) is 32.0 Å². The van der Waals surface area contributed by atoms with Crippen molar-refractivity contribution in [1.29, 1.82) is 0 Å². The van der Waals surface area contributed by atoms with Crippen LogP contribution < -0.4 is 5.32 Å². The Bertz CT molecular complexity index is 154. The Labute approximate surface area is 75.9 Å². The molecule has 0 saturated heterocycles. The predicted octanol–water partition coefficient (Wildman–Crippen LogP) is 3.02. The summed E-state index contributed by atoms with van der Waals surface area (Å²) in [6.45, 7) is 5.24. The predicted molar refractivity (Wildman–Crippen MR) is 56.0 cm³/mol. The maximum Gasteiger partial charge on any atom is 0.0138 e. The number of hydrogen-bond acceptors (Lipinski definition) is 1. The van der Waals surface area contributed by atoms with Crippen LogP contribution in [0.5, 0.6) is 0 Å². The Morgan fingerprint density at radius 3 is 2.67 bits per heavy atom. The molecule has 0 bridgehead atoms. The van der Waals surface area contributed by atoms with E-state index < -0.39 is 0 Å². The first-order valence-corrected chi connectivity index (χ1v) is 4.58. The van der Waals surface area contributed by atoms with Gasteiger partial charge in [-0.3, -0.25) is 0 Å². The van der Waals surface area contributed by atoms with E-state index in [1.54, 1.807) is 0 Å².